The van der Waals surface area contributed by atoms with Crippen molar-refractivity contribution in [3.63, 3.8) is 0 Å². The number of rotatable bonds is 6. The zero-order chi connectivity index (χ0) is 10.3. The van der Waals surface area contributed by atoms with Gasteiger partial charge in [-0.25, -0.2) is 0 Å². The van der Waals surface area contributed by atoms with E-state index >= 15 is 0 Å². The topological polar surface area (TPSA) is 49.3 Å². The van der Waals surface area contributed by atoms with Crippen LogP contribution in [0.5, 0.6) is 0 Å². The average molecular weight is 205 g/mol. The van der Waals surface area contributed by atoms with E-state index in [2.05, 4.69) is 19.2 Å². The summed E-state index contributed by atoms with van der Waals surface area (Å²) in [5.41, 5.74) is 0. The lowest BCUT2D eigenvalue weighted by molar-refractivity contribution is -0.119. The largest absolute Gasteiger partial charge is 0.396 e. The van der Waals surface area contributed by atoms with E-state index in [1.165, 1.54) is 11.8 Å². The van der Waals surface area contributed by atoms with Gasteiger partial charge in [0.25, 0.3) is 0 Å². The highest BCUT2D eigenvalue weighted by Crippen LogP contribution is 2.02. The van der Waals surface area contributed by atoms with Crippen LogP contribution in [0.2, 0.25) is 0 Å². The Morgan fingerprint density at radius 1 is 1.46 bits per heavy atom. The first kappa shape index (κ1) is 12.8. The van der Waals surface area contributed by atoms with E-state index in [1.54, 1.807) is 0 Å². The number of carbonyl (C=O) groups is 1. The summed E-state index contributed by atoms with van der Waals surface area (Å²) in [5, 5.41) is 11.4. The van der Waals surface area contributed by atoms with E-state index in [0.717, 1.165) is 0 Å². The monoisotopic (exact) mass is 205 g/mol. The third-order valence-corrected chi connectivity index (χ3v) is 2.80. The van der Waals surface area contributed by atoms with Gasteiger partial charge < -0.3 is 10.4 Å². The predicted molar refractivity (Wildman–Crippen MR) is 56.9 cm³/mol. The highest BCUT2D eigenvalue weighted by Gasteiger charge is 2.09. The lowest BCUT2D eigenvalue weighted by Gasteiger charge is -2.16. The molecular weight excluding hydrogens is 186 g/mol. The van der Waals surface area contributed by atoms with Gasteiger partial charge in [0.2, 0.25) is 5.91 Å². The summed E-state index contributed by atoms with van der Waals surface area (Å²) in [6.07, 6.45) is 0. The molecule has 2 N–H and O–H groups in total. The van der Waals surface area contributed by atoms with Crippen molar-refractivity contribution >= 4 is 17.7 Å². The number of hydrogen-bond acceptors (Lipinski definition) is 3. The number of amides is 1. The molecule has 13 heavy (non-hydrogen) atoms. The molecule has 1 amide bonds. The van der Waals surface area contributed by atoms with Gasteiger partial charge in [-0.2, -0.15) is 0 Å². The van der Waals surface area contributed by atoms with Crippen LogP contribution in [0, 0.1) is 5.92 Å². The van der Waals surface area contributed by atoms with Crippen molar-refractivity contribution in [2.24, 2.45) is 5.92 Å². The van der Waals surface area contributed by atoms with Gasteiger partial charge in [0.15, 0.2) is 0 Å². The van der Waals surface area contributed by atoms with Crippen LogP contribution in [0.25, 0.3) is 0 Å². The second-order valence-corrected chi connectivity index (χ2v) is 4.48. The lowest BCUT2D eigenvalue weighted by atomic mass is 10.1. The predicted octanol–water partition coefficient (Wildman–Crippen LogP) is 0.873. The molecule has 3 nitrogen and oxygen atoms in total. The molecule has 0 radical (unpaired) electrons. The second-order valence-electron chi connectivity index (χ2n) is 3.38. The van der Waals surface area contributed by atoms with Gasteiger partial charge in [0.1, 0.15) is 0 Å². The van der Waals surface area contributed by atoms with Gasteiger partial charge in [0.05, 0.1) is 12.4 Å². The maximum Gasteiger partial charge on any atom is 0.230 e. The van der Waals surface area contributed by atoms with Gasteiger partial charge in [-0.05, 0) is 12.8 Å². The minimum Gasteiger partial charge on any atom is -0.396 e. The molecule has 4 heteroatoms. The fourth-order valence-electron chi connectivity index (χ4n) is 0.692. The summed E-state index contributed by atoms with van der Waals surface area (Å²) in [4.78, 5) is 11.2. The first-order chi connectivity index (χ1) is 6.07. The van der Waals surface area contributed by atoms with Crippen LogP contribution < -0.4 is 5.32 Å². The summed E-state index contributed by atoms with van der Waals surface area (Å²) in [6, 6.07) is 0.224. The van der Waals surface area contributed by atoms with E-state index in [4.69, 9.17) is 5.11 Å². The summed E-state index contributed by atoms with van der Waals surface area (Å²) >= 11 is 1.45. The van der Waals surface area contributed by atoms with Crippen LogP contribution in [-0.2, 0) is 4.79 Å². The molecule has 0 rings (SSSR count). The minimum absolute atomic E-state index is 0.0552. The standard InChI is InChI=1S/C9H19NO2S/c1-7(2)8(3)10-9(12)6-13-5-4-11/h7-8,11H,4-6H2,1-3H3,(H,10,12). The molecule has 0 spiro atoms. The molecule has 0 aliphatic heterocycles. The fraction of sp³-hybridized carbons (Fsp3) is 0.889. The number of carbonyl (C=O) groups excluding carboxylic acids is 1. The summed E-state index contributed by atoms with van der Waals surface area (Å²) in [5.74, 6) is 1.59. The number of aliphatic hydroxyl groups excluding tert-OH is 1. The van der Waals surface area contributed by atoms with Crippen molar-refractivity contribution in [2.45, 2.75) is 26.8 Å². The molecule has 1 unspecified atom stereocenters. The Hall–Kier alpha value is -0.220. The summed E-state index contributed by atoms with van der Waals surface area (Å²) in [7, 11) is 0. The normalized spacial score (nSPS) is 13.0. The van der Waals surface area contributed by atoms with Crippen LogP contribution in [0.1, 0.15) is 20.8 Å². The quantitative estimate of drug-likeness (QED) is 0.633. The van der Waals surface area contributed by atoms with Crippen molar-refractivity contribution in [1.29, 1.82) is 0 Å². The van der Waals surface area contributed by atoms with Crippen molar-refractivity contribution in [3.05, 3.63) is 0 Å². The van der Waals surface area contributed by atoms with Crippen LogP contribution in [0.4, 0.5) is 0 Å². The molecule has 0 aromatic heterocycles. The molecule has 0 saturated carbocycles. The first-order valence-electron chi connectivity index (χ1n) is 4.56. The molecule has 78 valence electrons. The third-order valence-electron chi connectivity index (χ3n) is 1.86. The Morgan fingerprint density at radius 2 is 2.08 bits per heavy atom. The maximum absolute atomic E-state index is 11.2. The van der Waals surface area contributed by atoms with Crippen molar-refractivity contribution in [3.8, 4) is 0 Å². The number of aliphatic hydroxyl groups is 1. The van der Waals surface area contributed by atoms with Crippen LogP contribution in [-0.4, -0.2) is 35.2 Å². The Morgan fingerprint density at radius 3 is 2.54 bits per heavy atom. The molecule has 0 aromatic carbocycles. The summed E-state index contributed by atoms with van der Waals surface area (Å²) < 4.78 is 0. The fourth-order valence-corrected chi connectivity index (χ4v) is 1.23. The SMILES string of the molecule is CC(C)C(C)NC(=O)CSCCO. The van der Waals surface area contributed by atoms with Crippen molar-refractivity contribution in [2.75, 3.05) is 18.1 Å². The summed E-state index contributed by atoms with van der Waals surface area (Å²) in [6.45, 7) is 6.29. The van der Waals surface area contributed by atoms with E-state index in [-0.39, 0.29) is 18.6 Å². The van der Waals surface area contributed by atoms with Crippen LogP contribution in [0.15, 0.2) is 0 Å². The Balaban J connectivity index is 3.50. The van der Waals surface area contributed by atoms with Crippen molar-refractivity contribution < 1.29 is 9.90 Å². The molecule has 0 saturated heterocycles. The average Bonchev–Trinajstić information content (AvgIpc) is 2.04. The highest BCUT2D eigenvalue weighted by atomic mass is 32.2. The second kappa shape index (κ2) is 7.21. The Kier molecular flexibility index (Phi) is 7.09. The third kappa shape index (κ3) is 6.90. The minimum atomic E-state index is 0.0552. The maximum atomic E-state index is 11.2. The molecule has 0 fully saturated rings. The molecule has 1 atom stereocenters. The molecule has 0 heterocycles. The van der Waals surface area contributed by atoms with E-state index in [9.17, 15) is 4.79 Å². The van der Waals surface area contributed by atoms with Gasteiger partial charge in [0, 0.05) is 11.8 Å². The Labute approximate surface area is 84.3 Å². The zero-order valence-electron chi connectivity index (χ0n) is 8.54. The van der Waals surface area contributed by atoms with Gasteiger partial charge in [-0.3, -0.25) is 4.79 Å². The van der Waals surface area contributed by atoms with E-state index in [0.29, 0.717) is 17.4 Å². The zero-order valence-corrected chi connectivity index (χ0v) is 9.36. The Bertz CT molecular complexity index is 151. The molecule has 0 aliphatic carbocycles. The highest BCUT2D eigenvalue weighted by molar-refractivity contribution is 7.99. The van der Waals surface area contributed by atoms with Gasteiger partial charge in [-0.15, -0.1) is 11.8 Å². The smallest absolute Gasteiger partial charge is 0.230 e. The van der Waals surface area contributed by atoms with Crippen LogP contribution in [0.3, 0.4) is 0 Å². The van der Waals surface area contributed by atoms with Crippen molar-refractivity contribution in [1.82, 2.24) is 5.32 Å². The number of nitrogens with one attached hydrogen (secondary N) is 1. The van der Waals surface area contributed by atoms with E-state index in [1.807, 2.05) is 6.92 Å². The number of thioether (sulfide) groups is 1. The molecule has 0 bridgehead atoms. The van der Waals surface area contributed by atoms with Gasteiger partial charge in [-0.1, -0.05) is 13.8 Å². The molecular formula is C9H19NO2S. The van der Waals surface area contributed by atoms with Crippen LogP contribution >= 0.6 is 11.8 Å². The lowest BCUT2D eigenvalue weighted by Crippen LogP contribution is -2.37. The molecule has 0 aliphatic rings. The first-order valence-corrected chi connectivity index (χ1v) is 5.71. The van der Waals surface area contributed by atoms with Gasteiger partial charge >= 0.3 is 0 Å². The number of hydrogen-bond donors (Lipinski definition) is 2. The molecule has 0 aromatic rings. The van der Waals surface area contributed by atoms with E-state index < -0.39 is 0 Å².